The number of hydrogen-bond acceptors (Lipinski definition) is 9. The predicted octanol–water partition coefficient (Wildman–Crippen LogP) is 5.85. The molecule has 0 aliphatic carbocycles. The van der Waals surface area contributed by atoms with Crippen LogP contribution in [-0.4, -0.2) is 70.4 Å². The predicted molar refractivity (Wildman–Crippen MR) is 188 cm³/mol. The van der Waals surface area contributed by atoms with Gasteiger partial charge < -0.3 is 24.8 Å². The van der Waals surface area contributed by atoms with Crippen molar-refractivity contribution in [3.8, 4) is 10.6 Å². The second kappa shape index (κ2) is 12.4. The molecule has 8 rings (SSSR count). The van der Waals surface area contributed by atoms with Crippen molar-refractivity contribution in [2.45, 2.75) is 33.1 Å². The number of amides is 2. The summed E-state index contributed by atoms with van der Waals surface area (Å²) in [4.78, 5) is 62.6. The van der Waals surface area contributed by atoms with E-state index in [2.05, 4.69) is 30.2 Å². The van der Waals surface area contributed by atoms with Crippen molar-refractivity contribution in [2.24, 2.45) is 5.41 Å². The van der Waals surface area contributed by atoms with Crippen LogP contribution < -0.4 is 15.1 Å². The van der Waals surface area contributed by atoms with Crippen LogP contribution in [0.15, 0.2) is 67.1 Å². The molecule has 0 radical (unpaired) electrons. The summed E-state index contributed by atoms with van der Waals surface area (Å²) in [6, 6.07) is 14.4. The summed E-state index contributed by atoms with van der Waals surface area (Å²) in [6.45, 7) is 7.52. The van der Waals surface area contributed by atoms with E-state index in [-0.39, 0.29) is 23.0 Å². The Labute approximate surface area is 287 Å². The molecule has 2 saturated heterocycles. The third-order valence-corrected chi connectivity index (χ3v) is 10.8. The molecule has 0 bridgehead atoms. The Morgan fingerprint density at radius 1 is 0.980 bits per heavy atom. The number of carbonyl (C=O) groups is 3. The van der Waals surface area contributed by atoms with Crippen LogP contribution in [0.1, 0.15) is 65.9 Å². The van der Waals surface area contributed by atoms with E-state index >= 15 is 0 Å². The molecule has 3 aliphatic heterocycles. The van der Waals surface area contributed by atoms with Gasteiger partial charge in [0.15, 0.2) is 5.82 Å². The number of imidazole rings is 1. The Morgan fingerprint density at radius 2 is 1.78 bits per heavy atom. The maximum atomic E-state index is 14.0. The highest BCUT2D eigenvalue weighted by Crippen LogP contribution is 2.43. The number of hydrogen-bond donors (Lipinski definition) is 2. The zero-order valence-corrected chi connectivity index (χ0v) is 28.1. The zero-order chi connectivity index (χ0) is 33.7. The van der Waals surface area contributed by atoms with Crippen LogP contribution in [0, 0.1) is 19.3 Å². The van der Waals surface area contributed by atoms with Crippen molar-refractivity contribution >= 4 is 46.1 Å². The number of aromatic nitrogens is 4. The van der Waals surface area contributed by atoms with Crippen LogP contribution in [0.3, 0.4) is 0 Å². The third kappa shape index (κ3) is 5.80. The van der Waals surface area contributed by atoms with Crippen LogP contribution in [0.25, 0.3) is 10.6 Å². The molecule has 248 valence electrons. The number of aryl methyl sites for hydroxylation is 2. The zero-order valence-electron chi connectivity index (χ0n) is 27.3. The van der Waals surface area contributed by atoms with Crippen LogP contribution in [0.4, 0.5) is 17.2 Å². The fraction of sp³-hybridized carbons (Fsp3) is 0.297. The van der Waals surface area contributed by atoms with E-state index in [4.69, 9.17) is 4.74 Å². The molecule has 4 aromatic heterocycles. The fourth-order valence-electron chi connectivity index (χ4n) is 6.99. The largest absolute Gasteiger partial charge is 0.381 e. The van der Waals surface area contributed by atoms with Gasteiger partial charge in [0.2, 0.25) is 5.78 Å². The number of nitrogens with zero attached hydrogens (tertiary/aromatic N) is 5. The molecule has 0 atom stereocenters. The molecule has 49 heavy (non-hydrogen) atoms. The lowest BCUT2D eigenvalue weighted by Crippen LogP contribution is -2.59. The number of carbonyl (C=O) groups excluding carboxylic acids is 3. The number of ether oxygens (including phenoxy) is 1. The average molecular weight is 674 g/mol. The van der Waals surface area contributed by atoms with E-state index in [0.29, 0.717) is 57.7 Å². The average Bonchev–Trinajstić information content (AvgIpc) is 3.71. The van der Waals surface area contributed by atoms with Gasteiger partial charge in [0.05, 0.1) is 21.0 Å². The molecule has 2 N–H and O–H groups in total. The molecular formula is C37H35N7O4S. The number of thiophene rings is 1. The maximum Gasteiger partial charge on any atom is 0.259 e. The van der Waals surface area contributed by atoms with Gasteiger partial charge in [-0.3, -0.25) is 19.4 Å². The highest BCUT2D eigenvalue weighted by molar-refractivity contribution is 7.17. The highest BCUT2D eigenvalue weighted by Gasteiger charge is 2.45. The minimum absolute atomic E-state index is 0.164. The molecule has 2 fully saturated rings. The Balaban J connectivity index is 0.987. The molecule has 0 unspecified atom stereocenters. The topological polar surface area (TPSA) is 133 Å². The molecule has 3 aliphatic rings. The van der Waals surface area contributed by atoms with Crippen molar-refractivity contribution in [2.75, 3.05) is 48.0 Å². The van der Waals surface area contributed by atoms with Gasteiger partial charge in [-0.25, -0.2) is 9.97 Å². The first-order chi connectivity index (χ1) is 23.8. The minimum Gasteiger partial charge on any atom is -0.381 e. The van der Waals surface area contributed by atoms with E-state index in [1.54, 1.807) is 47.8 Å². The van der Waals surface area contributed by atoms with E-state index in [1.165, 1.54) is 11.3 Å². The lowest BCUT2D eigenvalue weighted by atomic mass is 9.73. The maximum absolute atomic E-state index is 14.0. The molecule has 2 amide bonds. The van der Waals surface area contributed by atoms with Gasteiger partial charge in [-0.1, -0.05) is 0 Å². The Hall–Kier alpha value is -5.20. The molecule has 7 heterocycles. The van der Waals surface area contributed by atoms with Crippen molar-refractivity contribution in [1.29, 1.82) is 0 Å². The van der Waals surface area contributed by atoms with Crippen molar-refractivity contribution in [1.82, 2.24) is 19.9 Å². The van der Waals surface area contributed by atoms with Gasteiger partial charge in [-0.05, 0) is 92.8 Å². The highest BCUT2D eigenvalue weighted by atomic mass is 32.1. The van der Waals surface area contributed by atoms with Crippen LogP contribution in [0.5, 0.6) is 0 Å². The molecule has 1 spiro atoms. The molecule has 0 saturated carbocycles. The third-order valence-electron chi connectivity index (χ3n) is 9.64. The normalized spacial score (nSPS) is 16.4. The first-order valence-electron chi connectivity index (χ1n) is 16.4. The van der Waals surface area contributed by atoms with E-state index in [9.17, 15) is 14.4 Å². The summed E-state index contributed by atoms with van der Waals surface area (Å²) in [5.41, 5.74) is 5.91. The summed E-state index contributed by atoms with van der Waals surface area (Å²) >= 11 is 1.37. The number of nitrogens with one attached hydrogen (secondary N) is 2. The fourth-order valence-corrected chi connectivity index (χ4v) is 8.15. The Bertz CT molecular complexity index is 2090. The number of anilines is 3. The smallest absolute Gasteiger partial charge is 0.259 e. The van der Waals surface area contributed by atoms with Crippen molar-refractivity contribution in [3.63, 3.8) is 0 Å². The number of H-pyrrole nitrogens is 1. The number of aromatic amines is 1. The minimum atomic E-state index is -0.239. The summed E-state index contributed by atoms with van der Waals surface area (Å²) in [6.07, 6.45) is 7.77. The monoisotopic (exact) mass is 673 g/mol. The second-order valence-electron chi connectivity index (χ2n) is 13.2. The molecule has 5 aromatic rings. The number of pyridine rings is 2. The molecule has 12 heteroatoms. The number of benzene rings is 1. The lowest BCUT2D eigenvalue weighted by Gasteiger charge is -2.53. The summed E-state index contributed by atoms with van der Waals surface area (Å²) in [7, 11) is 0. The van der Waals surface area contributed by atoms with Crippen LogP contribution in [0.2, 0.25) is 0 Å². The van der Waals surface area contributed by atoms with Gasteiger partial charge in [0.25, 0.3) is 11.8 Å². The molecule has 11 nitrogen and oxygen atoms in total. The Kier molecular flexibility index (Phi) is 7.84. The first kappa shape index (κ1) is 31.1. The van der Waals surface area contributed by atoms with Gasteiger partial charge in [-0.2, -0.15) is 0 Å². The van der Waals surface area contributed by atoms with Gasteiger partial charge in [0.1, 0.15) is 11.5 Å². The first-order valence-corrected chi connectivity index (χ1v) is 17.3. The van der Waals surface area contributed by atoms with Crippen molar-refractivity contribution < 1.29 is 19.1 Å². The molecular weight excluding hydrogens is 639 g/mol. The summed E-state index contributed by atoms with van der Waals surface area (Å²) < 4.78 is 5.56. The standard InChI is InChI=1S/C37H35N7O4S/c1-22-16-27(34(40-18-22)43-20-37(21-43)10-14-48-15-11-37)35(46)42-26-7-5-24(6-8-26)36(47)44-13-9-25-17-29(31(45)33-39-19-23(2)41-33)49-32(25)30-28(44)4-3-12-38-30/h3-8,12,16-19H,9-11,13-15,20-21H2,1-2H3,(H,39,41)(H,42,46). The number of ketones is 1. The van der Waals surface area contributed by atoms with Gasteiger partial charge in [-0.15, -0.1) is 11.3 Å². The van der Waals surface area contributed by atoms with Gasteiger partial charge >= 0.3 is 0 Å². The van der Waals surface area contributed by atoms with E-state index in [1.807, 2.05) is 38.1 Å². The van der Waals surface area contributed by atoms with E-state index < -0.39 is 0 Å². The quantitative estimate of drug-likeness (QED) is 0.215. The van der Waals surface area contributed by atoms with E-state index in [0.717, 1.165) is 60.8 Å². The molecule has 1 aromatic carbocycles. The Morgan fingerprint density at radius 3 is 2.53 bits per heavy atom. The van der Waals surface area contributed by atoms with Crippen molar-refractivity contribution in [3.05, 3.63) is 106 Å². The number of fused-ring (bicyclic) bond motifs is 3. The number of rotatable bonds is 6. The second-order valence-corrected chi connectivity index (χ2v) is 14.2. The summed E-state index contributed by atoms with van der Waals surface area (Å²) in [5, 5.41) is 3.01. The SMILES string of the molecule is Cc1cnc(N2CC3(CCOCC3)C2)c(C(=O)Nc2ccc(C(=O)N3CCc4cc(C(=O)c5ncc(C)[nH]5)sc4-c4ncccc43)cc2)c1. The summed E-state index contributed by atoms with van der Waals surface area (Å²) in [5.74, 6) is 0.429. The lowest BCUT2D eigenvalue weighted by molar-refractivity contribution is -0.000511. The van der Waals surface area contributed by atoms with Crippen LogP contribution >= 0.6 is 11.3 Å². The van der Waals surface area contributed by atoms with Gasteiger partial charge in [0, 0.05) is 73.8 Å². The van der Waals surface area contributed by atoms with Crippen LogP contribution in [-0.2, 0) is 11.2 Å².